The van der Waals surface area contributed by atoms with E-state index in [2.05, 4.69) is 19.2 Å². The molecule has 1 atom stereocenters. The number of hydrogen-bond acceptors (Lipinski definition) is 2. The molecule has 18 heavy (non-hydrogen) atoms. The lowest BCUT2D eigenvalue weighted by Gasteiger charge is -2.47. The van der Waals surface area contributed by atoms with Crippen molar-refractivity contribution in [3.05, 3.63) is 33.8 Å². The third-order valence-corrected chi connectivity index (χ3v) is 4.63. The lowest BCUT2D eigenvalue weighted by Crippen LogP contribution is -2.57. The summed E-state index contributed by atoms with van der Waals surface area (Å²) in [5.41, 5.74) is 0.0581. The van der Waals surface area contributed by atoms with Crippen molar-refractivity contribution in [2.45, 2.75) is 32.3 Å². The molecule has 2 N–H and O–H groups in total. The molecule has 1 aliphatic rings. The van der Waals surface area contributed by atoms with Gasteiger partial charge in [-0.05, 0) is 30.7 Å². The van der Waals surface area contributed by atoms with Crippen molar-refractivity contribution in [1.29, 1.82) is 0 Å². The van der Waals surface area contributed by atoms with Crippen LogP contribution in [0.4, 0.5) is 0 Å². The van der Waals surface area contributed by atoms with Gasteiger partial charge in [0.05, 0.1) is 5.60 Å². The Morgan fingerprint density at radius 1 is 1.33 bits per heavy atom. The molecule has 1 aromatic carbocycles. The Bertz CT molecular complexity index is 447. The molecule has 0 aliphatic carbocycles. The fraction of sp³-hybridized carbons (Fsp3) is 0.571. The van der Waals surface area contributed by atoms with Gasteiger partial charge in [-0.2, -0.15) is 0 Å². The molecule has 100 valence electrons. The summed E-state index contributed by atoms with van der Waals surface area (Å²) in [6.45, 7) is 5.83. The van der Waals surface area contributed by atoms with E-state index < -0.39 is 5.60 Å². The summed E-state index contributed by atoms with van der Waals surface area (Å²) < 4.78 is 0. The normalized spacial score (nSPS) is 27.2. The highest BCUT2D eigenvalue weighted by molar-refractivity contribution is 6.35. The van der Waals surface area contributed by atoms with Gasteiger partial charge >= 0.3 is 0 Å². The van der Waals surface area contributed by atoms with Crippen LogP contribution in [0.2, 0.25) is 10.0 Å². The molecule has 0 bridgehead atoms. The Labute approximate surface area is 118 Å². The van der Waals surface area contributed by atoms with E-state index in [9.17, 15) is 5.11 Å². The molecule has 2 rings (SSSR count). The van der Waals surface area contributed by atoms with Crippen LogP contribution in [0.3, 0.4) is 0 Å². The van der Waals surface area contributed by atoms with Crippen LogP contribution in [0.25, 0.3) is 0 Å². The summed E-state index contributed by atoms with van der Waals surface area (Å²) >= 11 is 12.1. The highest BCUT2D eigenvalue weighted by Crippen LogP contribution is 2.39. The maximum absolute atomic E-state index is 10.9. The number of rotatable bonds is 2. The average Bonchev–Trinajstić information content (AvgIpc) is 2.27. The van der Waals surface area contributed by atoms with Crippen LogP contribution in [0.5, 0.6) is 0 Å². The summed E-state index contributed by atoms with van der Waals surface area (Å²) in [6, 6.07) is 5.46. The van der Waals surface area contributed by atoms with E-state index in [4.69, 9.17) is 23.2 Å². The van der Waals surface area contributed by atoms with E-state index in [1.54, 1.807) is 6.07 Å². The van der Waals surface area contributed by atoms with Crippen LogP contribution >= 0.6 is 23.2 Å². The van der Waals surface area contributed by atoms with E-state index in [1.165, 1.54) is 0 Å². The quantitative estimate of drug-likeness (QED) is 0.875. The van der Waals surface area contributed by atoms with Gasteiger partial charge in [-0.25, -0.2) is 0 Å². The molecular weight excluding hydrogens is 269 g/mol. The van der Waals surface area contributed by atoms with Gasteiger partial charge in [0, 0.05) is 28.4 Å². The molecule has 0 radical (unpaired) electrons. The van der Waals surface area contributed by atoms with E-state index >= 15 is 0 Å². The van der Waals surface area contributed by atoms with Crippen LogP contribution in [0.15, 0.2) is 18.2 Å². The Hall–Kier alpha value is -0.280. The Balaban J connectivity index is 2.26. The third-order valence-electron chi connectivity index (χ3n) is 4.04. The van der Waals surface area contributed by atoms with Gasteiger partial charge in [-0.1, -0.05) is 43.1 Å². The van der Waals surface area contributed by atoms with Crippen LogP contribution in [-0.2, 0) is 6.42 Å². The second kappa shape index (κ2) is 5.01. The van der Waals surface area contributed by atoms with Crippen LogP contribution in [0.1, 0.15) is 25.8 Å². The number of nitrogens with one attached hydrogen (secondary N) is 1. The molecule has 0 saturated carbocycles. The summed E-state index contributed by atoms with van der Waals surface area (Å²) in [6.07, 6.45) is 1.30. The van der Waals surface area contributed by atoms with Crippen LogP contribution in [-0.4, -0.2) is 23.8 Å². The smallest absolute Gasteiger partial charge is 0.0763 e. The van der Waals surface area contributed by atoms with Gasteiger partial charge in [0.25, 0.3) is 0 Å². The van der Waals surface area contributed by atoms with Gasteiger partial charge in [0.1, 0.15) is 0 Å². The lowest BCUT2D eigenvalue weighted by atomic mass is 9.68. The molecule has 1 aliphatic heterocycles. The highest BCUT2D eigenvalue weighted by Gasteiger charge is 2.45. The topological polar surface area (TPSA) is 32.3 Å². The van der Waals surface area contributed by atoms with E-state index in [1.807, 2.05) is 12.1 Å². The summed E-state index contributed by atoms with van der Waals surface area (Å²) in [5.74, 6) is 0. The minimum absolute atomic E-state index is 0.172. The fourth-order valence-corrected chi connectivity index (χ4v) is 2.98. The minimum Gasteiger partial charge on any atom is -0.389 e. The second-order valence-corrected chi connectivity index (χ2v) is 6.60. The Kier molecular flexibility index (Phi) is 3.93. The maximum Gasteiger partial charge on any atom is 0.0763 e. The number of halogens is 2. The second-order valence-electron chi connectivity index (χ2n) is 5.75. The van der Waals surface area contributed by atoms with Crippen molar-refractivity contribution >= 4 is 23.2 Å². The number of benzene rings is 1. The molecule has 1 fully saturated rings. The van der Waals surface area contributed by atoms with Gasteiger partial charge in [0.15, 0.2) is 0 Å². The molecular formula is C14H19Cl2NO. The van der Waals surface area contributed by atoms with E-state index in [0.29, 0.717) is 16.5 Å². The Morgan fingerprint density at radius 3 is 2.67 bits per heavy atom. The zero-order chi connectivity index (χ0) is 13.4. The standard InChI is InChI=1S/C14H19Cl2NO/c1-13(2)9-17-6-5-14(13,18)8-10-3-4-11(15)7-12(10)16/h3-4,7,17-18H,5-6,8-9H2,1-2H3. The summed E-state index contributed by atoms with van der Waals surface area (Å²) in [7, 11) is 0. The molecule has 1 unspecified atom stereocenters. The van der Waals surface area contributed by atoms with Crippen molar-refractivity contribution < 1.29 is 5.11 Å². The molecule has 4 heteroatoms. The van der Waals surface area contributed by atoms with Crippen molar-refractivity contribution in [1.82, 2.24) is 5.32 Å². The molecule has 2 nitrogen and oxygen atoms in total. The molecule has 0 aromatic heterocycles. The average molecular weight is 288 g/mol. The first-order chi connectivity index (χ1) is 8.34. The van der Waals surface area contributed by atoms with Crippen LogP contribution in [0, 0.1) is 5.41 Å². The monoisotopic (exact) mass is 287 g/mol. The molecule has 1 saturated heterocycles. The molecule has 1 heterocycles. The SMILES string of the molecule is CC1(C)CNCCC1(O)Cc1ccc(Cl)cc1Cl. The predicted molar refractivity (Wildman–Crippen MR) is 76.4 cm³/mol. The van der Waals surface area contributed by atoms with Gasteiger partial charge in [-0.3, -0.25) is 0 Å². The molecule has 1 aromatic rings. The van der Waals surface area contributed by atoms with Crippen molar-refractivity contribution in [3.8, 4) is 0 Å². The predicted octanol–water partition coefficient (Wildman–Crippen LogP) is 3.29. The van der Waals surface area contributed by atoms with Crippen molar-refractivity contribution in [2.75, 3.05) is 13.1 Å². The first-order valence-corrected chi connectivity index (χ1v) is 6.97. The lowest BCUT2D eigenvalue weighted by molar-refractivity contribution is -0.0869. The zero-order valence-electron chi connectivity index (χ0n) is 10.8. The van der Waals surface area contributed by atoms with E-state index in [0.717, 1.165) is 25.1 Å². The summed E-state index contributed by atoms with van der Waals surface area (Å²) in [4.78, 5) is 0. The number of hydrogen-bond donors (Lipinski definition) is 2. The maximum atomic E-state index is 10.9. The number of piperidine rings is 1. The van der Waals surface area contributed by atoms with E-state index in [-0.39, 0.29) is 5.41 Å². The first kappa shape index (κ1) is 14.1. The zero-order valence-corrected chi connectivity index (χ0v) is 12.3. The Morgan fingerprint density at radius 2 is 2.06 bits per heavy atom. The van der Waals surface area contributed by atoms with Gasteiger partial charge in [0.2, 0.25) is 0 Å². The fourth-order valence-electron chi connectivity index (χ4n) is 2.51. The van der Waals surface area contributed by atoms with Gasteiger partial charge < -0.3 is 10.4 Å². The largest absolute Gasteiger partial charge is 0.389 e. The van der Waals surface area contributed by atoms with Crippen molar-refractivity contribution in [3.63, 3.8) is 0 Å². The molecule has 0 spiro atoms. The van der Waals surface area contributed by atoms with Crippen molar-refractivity contribution in [2.24, 2.45) is 5.41 Å². The highest BCUT2D eigenvalue weighted by atomic mass is 35.5. The minimum atomic E-state index is -0.726. The number of aliphatic hydroxyl groups is 1. The summed E-state index contributed by atoms with van der Waals surface area (Å²) in [5, 5.41) is 15.5. The van der Waals surface area contributed by atoms with Crippen LogP contribution < -0.4 is 5.32 Å². The first-order valence-electron chi connectivity index (χ1n) is 6.21. The molecule has 0 amide bonds. The van der Waals surface area contributed by atoms with Gasteiger partial charge in [-0.15, -0.1) is 0 Å². The third kappa shape index (κ3) is 2.67.